The lowest BCUT2D eigenvalue weighted by molar-refractivity contribution is 0.0125. The van der Waals surface area contributed by atoms with Crippen molar-refractivity contribution >= 4 is 45.9 Å². The summed E-state index contributed by atoms with van der Waals surface area (Å²) >= 11 is 0. The molecule has 4 N–H and O–H groups in total. The Morgan fingerprint density at radius 2 is 0.708 bits per heavy atom. The first-order chi connectivity index (χ1) is 58.7. The zero-order chi connectivity index (χ0) is 81.1. The minimum Gasteiger partial charge on any atom is -0.492 e. The molecule has 32 heteroatoms. The second kappa shape index (κ2) is 33.6. The lowest BCUT2D eigenvalue weighted by Crippen LogP contribution is -2.60. The van der Waals surface area contributed by atoms with Gasteiger partial charge in [0.1, 0.15) is 95.5 Å². The van der Waals surface area contributed by atoms with Gasteiger partial charge >= 0.3 is 0 Å². The molecule has 28 nitrogen and oxygen atoms in total. The largest absolute Gasteiger partial charge is 0.492 e. The van der Waals surface area contributed by atoms with E-state index in [1.165, 1.54) is 69.3 Å². The van der Waals surface area contributed by atoms with Gasteiger partial charge in [0, 0.05) is 211 Å². The van der Waals surface area contributed by atoms with Crippen LogP contribution in [0.15, 0.2) is 147 Å². The third-order valence-electron chi connectivity index (χ3n) is 25.9. The number of fused-ring (bicyclic) bond motifs is 23. The van der Waals surface area contributed by atoms with Gasteiger partial charge in [0.05, 0.1) is 42.9 Å². The van der Waals surface area contributed by atoms with Crippen LogP contribution in [-0.2, 0) is 0 Å². The van der Waals surface area contributed by atoms with Gasteiger partial charge in [0.15, 0.2) is 22.6 Å². The third-order valence-corrected chi connectivity index (χ3v) is 25.9. The molecule has 1 unspecified atom stereocenters. The van der Waals surface area contributed by atoms with Gasteiger partial charge in [0.25, 0.3) is 0 Å². The van der Waals surface area contributed by atoms with Gasteiger partial charge in [-0.3, -0.25) is 34.3 Å². The molecule has 0 amide bonds. The van der Waals surface area contributed by atoms with Crippen molar-refractivity contribution in [3.05, 3.63) is 170 Å². The van der Waals surface area contributed by atoms with Crippen LogP contribution in [-0.4, -0.2) is 303 Å². The molecule has 120 heavy (non-hydrogen) atoms. The summed E-state index contributed by atoms with van der Waals surface area (Å²) in [6.45, 7) is 24.4. The van der Waals surface area contributed by atoms with Crippen LogP contribution in [0.1, 0.15) is 52.4 Å². The molecule has 18 heterocycles. The molecule has 1 aliphatic carbocycles. The van der Waals surface area contributed by atoms with Crippen LogP contribution < -0.4 is 40.2 Å². The highest BCUT2D eigenvalue weighted by Gasteiger charge is 2.41. The van der Waals surface area contributed by atoms with Gasteiger partial charge in [-0.15, -0.1) is 0 Å². The fraction of sp³-hybridized carbons (Fsp3) is 0.455. The minimum atomic E-state index is -0.313. The lowest BCUT2D eigenvalue weighted by atomic mass is 10.1. The summed E-state index contributed by atoms with van der Waals surface area (Å²) in [5.74, 6) is 4.61. The number of benzene rings is 4. The Morgan fingerprint density at radius 1 is 0.342 bits per heavy atom. The van der Waals surface area contributed by atoms with Crippen LogP contribution in [0.25, 0.3) is 67.1 Å². The summed E-state index contributed by atoms with van der Waals surface area (Å²) in [6, 6.07) is 31.4. The van der Waals surface area contributed by atoms with Crippen molar-refractivity contribution in [1.29, 1.82) is 0 Å². The van der Waals surface area contributed by atoms with E-state index in [2.05, 4.69) is 107 Å². The van der Waals surface area contributed by atoms with Gasteiger partial charge in [-0.05, 0) is 170 Å². The zero-order valence-corrected chi connectivity index (χ0v) is 67.9. The Bertz CT molecular complexity index is 5690. The molecule has 18 bridgehead atoms. The predicted octanol–water partition coefficient (Wildman–Crippen LogP) is 10.2. The summed E-state index contributed by atoms with van der Waals surface area (Å²) in [5.41, 5.74) is 7.00. The molecule has 23 rings (SSSR count). The van der Waals surface area contributed by atoms with Crippen LogP contribution in [0, 0.1) is 23.3 Å². The Hall–Kier alpha value is -10.8. The normalized spacial score (nSPS) is 24.9. The molecule has 0 spiro atoms. The second-order valence-corrected chi connectivity index (χ2v) is 33.9. The SMILES string of the molecule is C[C@@H]1CN2CCNc3ccn4ncc(c4n3)-c3cc(ccc3F)OC[C@@H]2CN1C.C[C@@H]1CN2CCNc3ccn4ncc(c4n3)-c3cc(ccc3F)OC[C@@H]2CN1C1CC1.Fc1ccc2cc1-c1cnn3ccc(nc13)NCCN1C[C@@H](CN3CCC[C@H]3C1)O2.Fc1ccc2cc1-c1cnn3ccc(nc13)NCCN1C[C@H]3CCCN3C[C@H]1CO2. The fourth-order valence-corrected chi connectivity index (χ4v) is 19.2. The van der Waals surface area contributed by atoms with Crippen LogP contribution in [0.2, 0.25) is 0 Å². The van der Waals surface area contributed by atoms with E-state index in [0.717, 1.165) is 147 Å². The van der Waals surface area contributed by atoms with E-state index in [-0.39, 0.29) is 35.4 Å². The first kappa shape index (κ1) is 77.7. The monoisotopic (exact) mass is 1630 g/mol. The van der Waals surface area contributed by atoms with Gasteiger partial charge in [0.2, 0.25) is 0 Å². The highest BCUT2D eigenvalue weighted by atomic mass is 19.1. The van der Waals surface area contributed by atoms with E-state index in [1.807, 2.05) is 49.1 Å². The Kier molecular flexibility index (Phi) is 21.8. The van der Waals surface area contributed by atoms with Crippen molar-refractivity contribution in [3.8, 4) is 67.5 Å². The van der Waals surface area contributed by atoms with Crippen LogP contribution >= 0.6 is 0 Å². The van der Waals surface area contributed by atoms with Crippen LogP contribution in [0.4, 0.5) is 40.8 Å². The van der Waals surface area contributed by atoms with E-state index in [0.29, 0.717) is 146 Å². The smallest absolute Gasteiger partial charge is 0.165 e. The summed E-state index contributed by atoms with van der Waals surface area (Å²) < 4.78 is 90.5. The van der Waals surface area contributed by atoms with Crippen LogP contribution in [0.5, 0.6) is 23.0 Å². The number of piperazine rings is 3. The molecule has 4 aromatic carbocycles. The Morgan fingerprint density at radius 3 is 1.16 bits per heavy atom. The van der Waals surface area contributed by atoms with Gasteiger partial charge in [-0.1, -0.05) is 0 Å². The number of halogens is 4. The minimum absolute atomic E-state index is 0.0532. The average molecular weight is 1640 g/mol. The summed E-state index contributed by atoms with van der Waals surface area (Å²) in [5, 5.41) is 31.1. The highest BCUT2D eigenvalue weighted by molar-refractivity contribution is 5.82. The number of hydrogen-bond acceptors (Lipinski definition) is 24. The maximum Gasteiger partial charge on any atom is 0.165 e. The number of ether oxygens (including phenoxy) is 4. The number of likely N-dealkylation sites (N-methyl/N-ethyl adjacent to an activating group) is 1. The molecule has 7 fully saturated rings. The molecule has 9 atom stereocenters. The van der Waals surface area contributed by atoms with E-state index in [9.17, 15) is 17.6 Å². The molecular weight excluding hydrogens is 1530 g/mol. The molecule has 1 saturated carbocycles. The molecule has 8 aromatic heterocycles. The molecule has 10 aliphatic heterocycles. The molecular formula is C88H102F4N24O4. The topological polar surface area (TPSA) is 232 Å². The number of rotatable bonds is 1. The fourth-order valence-electron chi connectivity index (χ4n) is 19.2. The van der Waals surface area contributed by atoms with Crippen LogP contribution in [0.3, 0.4) is 0 Å². The number of hydrogen-bond donors (Lipinski definition) is 4. The summed E-state index contributed by atoms with van der Waals surface area (Å²) in [7, 11) is 2.16. The maximum absolute atomic E-state index is 14.8. The quantitative estimate of drug-likeness (QED) is 0.112. The number of nitrogens with zero attached hydrogens (tertiary/aromatic N) is 20. The first-order valence-electron chi connectivity index (χ1n) is 42.7. The van der Waals surface area contributed by atoms with E-state index >= 15 is 0 Å². The zero-order valence-electron chi connectivity index (χ0n) is 67.9. The number of anilines is 4. The number of aromatic nitrogens is 12. The van der Waals surface area contributed by atoms with E-state index in [1.54, 1.807) is 91.4 Å². The van der Waals surface area contributed by atoms with E-state index in [4.69, 9.17) is 33.9 Å². The van der Waals surface area contributed by atoms with Gasteiger partial charge in [-0.25, -0.2) is 55.6 Å². The molecule has 11 aliphatic rings. The third kappa shape index (κ3) is 16.4. The summed E-state index contributed by atoms with van der Waals surface area (Å²) in [6.07, 6.45) is 21.8. The molecule has 626 valence electrons. The average Bonchev–Trinajstić information content (AvgIpc) is 1.61. The predicted molar refractivity (Wildman–Crippen MR) is 451 cm³/mol. The van der Waals surface area contributed by atoms with Crippen molar-refractivity contribution in [3.63, 3.8) is 0 Å². The highest BCUT2D eigenvalue weighted by Crippen LogP contribution is 2.39. The maximum atomic E-state index is 14.8. The van der Waals surface area contributed by atoms with E-state index < -0.39 is 0 Å². The lowest BCUT2D eigenvalue weighted by Gasteiger charge is -2.45. The molecule has 0 radical (unpaired) electrons. The van der Waals surface area contributed by atoms with Crippen molar-refractivity contribution in [2.45, 2.75) is 107 Å². The second-order valence-electron chi connectivity index (χ2n) is 33.9. The first-order valence-corrected chi connectivity index (χ1v) is 42.7. The Labute approximate surface area is 693 Å². The van der Waals surface area contributed by atoms with Crippen molar-refractivity contribution in [1.82, 2.24) is 97.6 Å². The van der Waals surface area contributed by atoms with Crippen molar-refractivity contribution in [2.24, 2.45) is 0 Å². The van der Waals surface area contributed by atoms with Crippen molar-refractivity contribution in [2.75, 3.05) is 172 Å². The van der Waals surface area contributed by atoms with Crippen molar-refractivity contribution < 1.29 is 36.5 Å². The number of nitrogens with one attached hydrogen (secondary N) is 4. The Balaban J connectivity index is 0.000000102. The van der Waals surface area contributed by atoms with Gasteiger partial charge in [-0.2, -0.15) is 20.4 Å². The molecule has 12 aromatic rings. The summed E-state index contributed by atoms with van der Waals surface area (Å²) in [4.78, 5) is 39.0. The molecule has 6 saturated heterocycles. The standard InChI is InChI=1S/C23H27FN6O.2C22H25FN6O.C21H25FN6O/c1-15-12-28-9-7-25-22-6-8-30-23(27-22)20(11-26-30)19-10-18(4-5-21(19)24)31-14-17(28)13-29(15)16-2-3-16;23-20-4-3-17-10-18(20)19-11-25-29-8-5-21(26-22(19)29)24-6-9-28-12-15-2-1-7-27(15)13-16(28)14-30-17;23-20-4-3-16-10-18(20)19-11-25-29-8-5-21(26-22(19)29)24-6-9-27-12-15-2-1-7-28(15)14-17(13-27)30-16;1-14-11-27-8-6-23-20-5-7-28-21(25-20)18(10-24-28)17-9-16(3-4-19(17)22)29-13-15(27)12-26(14)2/h4-6,8,10-11,15-17H,2-3,7,9,12-14H2,1H3,(H,25,27);3-5,8,10-11,15-16H,1-2,6-7,9,12-14H2,(H,24,26);3-5,8,10-11,15,17H,1-2,6-7,9,12-14H2,(H,24,26);3-5,7,9-10,14-15H,6,8,11-13H2,1-2H3,(H,23,25)/t15-,17+;15-,16+;15-,17-;14-,15+/m1101/s1. The van der Waals surface area contributed by atoms with Gasteiger partial charge < -0.3 is 45.1 Å².